The smallest absolute Gasteiger partial charge is 0.274 e. The van der Waals surface area contributed by atoms with Crippen LogP contribution in [-0.2, 0) is 9.59 Å². The van der Waals surface area contributed by atoms with Crippen LogP contribution < -0.4 is 4.90 Å². The first-order chi connectivity index (χ1) is 14.4. The summed E-state index contributed by atoms with van der Waals surface area (Å²) in [6.45, 7) is 1.47. The number of amides is 2. The number of hydrogen-bond acceptors (Lipinski definition) is 6. The predicted octanol–water partition coefficient (Wildman–Crippen LogP) is 3.55. The number of hydrogen-bond donors (Lipinski definition) is 0. The van der Waals surface area contributed by atoms with Crippen molar-refractivity contribution >= 4 is 50.7 Å². The van der Waals surface area contributed by atoms with Gasteiger partial charge in [-0.2, -0.15) is 0 Å². The zero-order chi connectivity index (χ0) is 21.2. The maximum absolute atomic E-state index is 13.5. The van der Waals surface area contributed by atoms with E-state index >= 15 is 0 Å². The molecule has 0 unspecified atom stereocenters. The standard InChI is InChI=1S/C20H16BrClN4O4/c21-12-4-2-11(3-5-12)17-16-18(24-9-1-8-23(17)24)20(28)25(19(16)27)13-6-7-14(22)15(10-13)26(29)30/h2-7,10,16-18H,1,8-9H2/t16-,17-,18+/m1/s1. The highest BCUT2D eigenvalue weighted by Crippen LogP contribution is 2.49. The summed E-state index contributed by atoms with van der Waals surface area (Å²) in [6.07, 6.45) is 0.907. The van der Waals surface area contributed by atoms with Crippen molar-refractivity contribution in [2.75, 3.05) is 18.0 Å². The summed E-state index contributed by atoms with van der Waals surface area (Å²) in [6, 6.07) is 10.9. The van der Waals surface area contributed by atoms with Crippen LogP contribution in [0.3, 0.4) is 0 Å². The minimum atomic E-state index is -0.621. The molecule has 8 nitrogen and oxygen atoms in total. The van der Waals surface area contributed by atoms with Crippen LogP contribution in [-0.4, -0.2) is 45.9 Å². The summed E-state index contributed by atoms with van der Waals surface area (Å²) in [5, 5.41) is 15.3. The van der Waals surface area contributed by atoms with Gasteiger partial charge in [-0.05, 0) is 36.2 Å². The molecule has 10 heteroatoms. The molecule has 3 saturated heterocycles. The number of nitro benzene ring substituents is 1. The van der Waals surface area contributed by atoms with E-state index in [0.717, 1.165) is 27.9 Å². The Balaban J connectivity index is 1.58. The van der Waals surface area contributed by atoms with E-state index in [-0.39, 0.29) is 34.3 Å². The molecule has 2 aromatic carbocycles. The van der Waals surface area contributed by atoms with Crippen LogP contribution >= 0.6 is 27.5 Å². The topological polar surface area (TPSA) is 87.0 Å². The molecular formula is C20H16BrClN4O4. The highest BCUT2D eigenvalue weighted by Gasteiger charge is 2.62. The van der Waals surface area contributed by atoms with E-state index in [0.29, 0.717) is 6.54 Å². The molecule has 0 bridgehead atoms. The number of halogens is 2. The second-order valence-electron chi connectivity index (χ2n) is 7.55. The Morgan fingerprint density at radius 2 is 1.67 bits per heavy atom. The third-order valence-corrected chi connectivity index (χ3v) is 6.85. The first-order valence-electron chi connectivity index (χ1n) is 9.49. The number of benzene rings is 2. The summed E-state index contributed by atoms with van der Waals surface area (Å²) in [7, 11) is 0. The Bertz CT molecular complexity index is 1080. The van der Waals surface area contributed by atoms with E-state index in [2.05, 4.69) is 20.9 Å². The summed E-state index contributed by atoms with van der Waals surface area (Å²) in [4.78, 5) is 38.6. The van der Waals surface area contributed by atoms with Gasteiger partial charge in [-0.3, -0.25) is 19.7 Å². The maximum Gasteiger partial charge on any atom is 0.289 e. The summed E-state index contributed by atoms with van der Waals surface area (Å²) < 4.78 is 0.933. The molecule has 0 spiro atoms. The van der Waals surface area contributed by atoms with Crippen molar-refractivity contribution < 1.29 is 14.5 Å². The van der Waals surface area contributed by atoms with E-state index in [9.17, 15) is 19.7 Å². The van der Waals surface area contributed by atoms with Gasteiger partial charge in [0.05, 0.1) is 22.6 Å². The Morgan fingerprint density at radius 1 is 1.00 bits per heavy atom. The van der Waals surface area contributed by atoms with Crippen LogP contribution in [0.2, 0.25) is 5.02 Å². The number of carbonyl (C=O) groups is 2. The molecule has 5 rings (SSSR count). The van der Waals surface area contributed by atoms with Crippen molar-refractivity contribution in [2.45, 2.75) is 18.5 Å². The Morgan fingerprint density at radius 3 is 2.33 bits per heavy atom. The first kappa shape index (κ1) is 19.6. The van der Waals surface area contributed by atoms with Crippen molar-refractivity contribution in [3.63, 3.8) is 0 Å². The van der Waals surface area contributed by atoms with Gasteiger partial charge in [-0.1, -0.05) is 39.7 Å². The van der Waals surface area contributed by atoms with Crippen LogP contribution in [0.15, 0.2) is 46.9 Å². The van der Waals surface area contributed by atoms with E-state index in [4.69, 9.17) is 11.6 Å². The number of nitrogens with zero attached hydrogens (tertiary/aromatic N) is 4. The largest absolute Gasteiger partial charge is 0.289 e. The fourth-order valence-electron chi connectivity index (χ4n) is 4.81. The van der Waals surface area contributed by atoms with Crippen LogP contribution in [0.4, 0.5) is 11.4 Å². The van der Waals surface area contributed by atoms with Crippen molar-refractivity contribution in [3.05, 3.63) is 67.6 Å². The quantitative estimate of drug-likeness (QED) is 0.371. The van der Waals surface area contributed by atoms with Gasteiger partial charge in [0.25, 0.3) is 11.6 Å². The number of fused-ring (bicyclic) bond motifs is 3. The molecule has 3 aliphatic rings. The molecule has 2 aromatic rings. The van der Waals surface area contributed by atoms with Gasteiger partial charge in [0.1, 0.15) is 11.1 Å². The third-order valence-electron chi connectivity index (χ3n) is 6.00. The van der Waals surface area contributed by atoms with Gasteiger partial charge < -0.3 is 0 Å². The molecule has 0 aliphatic carbocycles. The van der Waals surface area contributed by atoms with Crippen molar-refractivity contribution in [1.29, 1.82) is 0 Å². The molecule has 3 heterocycles. The van der Waals surface area contributed by atoms with Gasteiger partial charge in [0.15, 0.2) is 0 Å². The second-order valence-corrected chi connectivity index (χ2v) is 8.87. The number of nitro groups is 1. The molecule has 0 aromatic heterocycles. The maximum atomic E-state index is 13.5. The van der Waals surface area contributed by atoms with Gasteiger partial charge in [0, 0.05) is 23.6 Å². The van der Waals surface area contributed by atoms with Crippen LogP contribution in [0.25, 0.3) is 0 Å². The minimum Gasteiger partial charge on any atom is -0.274 e. The van der Waals surface area contributed by atoms with E-state index in [1.807, 2.05) is 29.3 Å². The molecule has 0 N–H and O–H groups in total. The fourth-order valence-corrected chi connectivity index (χ4v) is 5.26. The lowest BCUT2D eigenvalue weighted by molar-refractivity contribution is -0.384. The van der Waals surface area contributed by atoms with Crippen LogP contribution in [0, 0.1) is 16.0 Å². The number of hydrazine groups is 1. The first-order valence-corrected chi connectivity index (χ1v) is 10.7. The second kappa shape index (κ2) is 7.12. The van der Waals surface area contributed by atoms with Crippen LogP contribution in [0.5, 0.6) is 0 Å². The lowest BCUT2D eigenvalue weighted by atomic mass is 9.90. The molecule has 3 fully saturated rings. The number of carbonyl (C=O) groups excluding carboxylic acids is 2. The molecular weight excluding hydrogens is 476 g/mol. The molecule has 2 amide bonds. The monoisotopic (exact) mass is 490 g/mol. The minimum absolute atomic E-state index is 0.0403. The zero-order valence-corrected chi connectivity index (χ0v) is 17.9. The highest BCUT2D eigenvalue weighted by atomic mass is 79.9. The van der Waals surface area contributed by atoms with Crippen molar-refractivity contribution in [3.8, 4) is 0 Å². The number of imide groups is 1. The molecule has 0 radical (unpaired) electrons. The number of rotatable bonds is 3. The van der Waals surface area contributed by atoms with E-state index in [1.54, 1.807) is 0 Å². The molecule has 0 saturated carbocycles. The summed E-state index contributed by atoms with van der Waals surface area (Å²) >= 11 is 9.34. The highest BCUT2D eigenvalue weighted by molar-refractivity contribution is 9.10. The molecule has 3 atom stereocenters. The van der Waals surface area contributed by atoms with Crippen LogP contribution in [0.1, 0.15) is 18.0 Å². The predicted molar refractivity (Wildman–Crippen MR) is 113 cm³/mol. The fraction of sp³-hybridized carbons (Fsp3) is 0.300. The lowest BCUT2D eigenvalue weighted by Gasteiger charge is -2.29. The lowest BCUT2D eigenvalue weighted by Crippen LogP contribution is -2.44. The van der Waals surface area contributed by atoms with Crippen molar-refractivity contribution in [1.82, 2.24) is 10.0 Å². The Hall–Kier alpha value is -2.33. The van der Waals surface area contributed by atoms with E-state index < -0.39 is 16.9 Å². The van der Waals surface area contributed by atoms with Crippen molar-refractivity contribution in [2.24, 2.45) is 5.92 Å². The molecule has 154 valence electrons. The SMILES string of the molecule is O=C1[C@H]2[C@@H](C(=O)N1c1ccc(Cl)c([N+](=O)[O-])c1)N1CCCN1[C@@H]2c1ccc(Br)cc1. The Labute approximate surface area is 185 Å². The zero-order valence-electron chi connectivity index (χ0n) is 15.6. The van der Waals surface area contributed by atoms with Gasteiger partial charge in [-0.25, -0.2) is 14.9 Å². The third kappa shape index (κ3) is 2.80. The average Bonchev–Trinajstić information content (AvgIpc) is 3.36. The summed E-state index contributed by atoms with van der Waals surface area (Å²) in [5.41, 5.74) is 0.803. The Kier molecular flexibility index (Phi) is 4.66. The van der Waals surface area contributed by atoms with Gasteiger partial charge in [-0.15, -0.1) is 0 Å². The number of anilines is 1. The molecule has 30 heavy (non-hydrogen) atoms. The summed E-state index contributed by atoms with van der Waals surface area (Å²) in [5.74, 6) is -1.27. The van der Waals surface area contributed by atoms with Gasteiger partial charge >= 0.3 is 0 Å². The average molecular weight is 492 g/mol. The van der Waals surface area contributed by atoms with Gasteiger partial charge in [0.2, 0.25) is 5.91 Å². The molecule has 3 aliphatic heterocycles. The normalized spacial score (nSPS) is 26.3. The van der Waals surface area contributed by atoms with E-state index in [1.165, 1.54) is 18.2 Å².